The van der Waals surface area contributed by atoms with Crippen molar-refractivity contribution in [2.75, 3.05) is 39.8 Å². The van der Waals surface area contributed by atoms with Gasteiger partial charge in [-0.3, -0.25) is 9.69 Å². The fourth-order valence-corrected chi connectivity index (χ4v) is 3.66. The Bertz CT molecular complexity index is 612. The maximum atomic E-state index is 12.3. The minimum absolute atomic E-state index is 0.0271. The Kier molecular flexibility index (Phi) is 5.91. The summed E-state index contributed by atoms with van der Waals surface area (Å²) in [7, 11) is 1.42. The van der Waals surface area contributed by atoms with Crippen LogP contribution >= 0.6 is 0 Å². The van der Waals surface area contributed by atoms with Gasteiger partial charge in [-0.25, -0.2) is 4.79 Å². The highest BCUT2D eigenvalue weighted by molar-refractivity contribution is 5.75. The van der Waals surface area contributed by atoms with Crippen molar-refractivity contribution in [1.82, 2.24) is 15.1 Å². The summed E-state index contributed by atoms with van der Waals surface area (Å²) in [5.41, 5.74) is 2.83. The number of hydrogen-bond acceptors (Lipinski definition) is 4. The third-order valence-electron chi connectivity index (χ3n) is 5.23. The van der Waals surface area contributed by atoms with Gasteiger partial charge in [-0.15, -0.1) is 0 Å². The van der Waals surface area contributed by atoms with Crippen molar-refractivity contribution in [3.05, 3.63) is 35.4 Å². The SMILES string of the molecule is COC(=O)C1CCN(C(=O)NCCN2CCc3ccccc3C2)CC1. The number of rotatable bonds is 4. The summed E-state index contributed by atoms with van der Waals surface area (Å²) in [6.45, 7) is 4.73. The lowest BCUT2D eigenvalue weighted by molar-refractivity contribution is -0.146. The highest BCUT2D eigenvalue weighted by Gasteiger charge is 2.27. The summed E-state index contributed by atoms with van der Waals surface area (Å²) in [4.78, 5) is 28.0. The highest BCUT2D eigenvalue weighted by atomic mass is 16.5. The van der Waals surface area contributed by atoms with E-state index in [9.17, 15) is 9.59 Å². The number of carbonyl (C=O) groups is 2. The van der Waals surface area contributed by atoms with Crippen molar-refractivity contribution >= 4 is 12.0 Å². The van der Waals surface area contributed by atoms with E-state index in [4.69, 9.17) is 4.74 Å². The van der Waals surface area contributed by atoms with Gasteiger partial charge in [0.1, 0.15) is 0 Å². The van der Waals surface area contributed by atoms with Crippen LogP contribution in [0.4, 0.5) is 4.79 Å². The first-order valence-corrected chi connectivity index (χ1v) is 9.07. The van der Waals surface area contributed by atoms with Crippen LogP contribution in [0.1, 0.15) is 24.0 Å². The second-order valence-electron chi connectivity index (χ2n) is 6.81. The Morgan fingerprint density at radius 1 is 1.16 bits per heavy atom. The normalized spacial score (nSPS) is 18.5. The first-order chi connectivity index (χ1) is 12.2. The molecule has 2 aliphatic heterocycles. The van der Waals surface area contributed by atoms with Crippen molar-refractivity contribution in [3.63, 3.8) is 0 Å². The van der Waals surface area contributed by atoms with E-state index in [1.807, 2.05) is 0 Å². The van der Waals surface area contributed by atoms with Crippen LogP contribution in [0.2, 0.25) is 0 Å². The molecule has 1 aromatic carbocycles. The van der Waals surface area contributed by atoms with Crippen molar-refractivity contribution < 1.29 is 14.3 Å². The fraction of sp³-hybridized carbons (Fsp3) is 0.579. The smallest absolute Gasteiger partial charge is 0.317 e. The quantitative estimate of drug-likeness (QED) is 0.843. The third-order valence-corrected chi connectivity index (χ3v) is 5.23. The lowest BCUT2D eigenvalue weighted by Crippen LogP contribution is -2.47. The fourth-order valence-electron chi connectivity index (χ4n) is 3.66. The van der Waals surface area contributed by atoms with Crippen LogP contribution in [0.25, 0.3) is 0 Å². The van der Waals surface area contributed by atoms with Crippen LogP contribution in [0.15, 0.2) is 24.3 Å². The number of nitrogens with one attached hydrogen (secondary N) is 1. The number of piperidine rings is 1. The minimum atomic E-state index is -0.162. The second-order valence-corrected chi connectivity index (χ2v) is 6.81. The number of carbonyl (C=O) groups excluding carboxylic acids is 2. The minimum Gasteiger partial charge on any atom is -0.469 e. The molecule has 1 saturated heterocycles. The van der Waals surface area contributed by atoms with Gasteiger partial charge >= 0.3 is 12.0 Å². The number of likely N-dealkylation sites (tertiary alicyclic amines) is 1. The van der Waals surface area contributed by atoms with Crippen molar-refractivity contribution in [2.24, 2.45) is 5.92 Å². The van der Waals surface area contributed by atoms with Crippen LogP contribution in [0.3, 0.4) is 0 Å². The molecule has 2 aliphatic rings. The molecule has 0 spiro atoms. The second kappa shape index (κ2) is 8.34. The number of nitrogens with zero attached hydrogens (tertiary/aromatic N) is 2. The molecule has 0 saturated carbocycles. The number of esters is 1. The number of ether oxygens (including phenoxy) is 1. The van der Waals surface area contributed by atoms with Gasteiger partial charge in [0.2, 0.25) is 0 Å². The van der Waals surface area contributed by atoms with Gasteiger partial charge in [0.25, 0.3) is 0 Å². The molecule has 6 nitrogen and oxygen atoms in total. The van der Waals surface area contributed by atoms with Gasteiger partial charge < -0.3 is 15.0 Å². The van der Waals surface area contributed by atoms with Crippen LogP contribution in [-0.2, 0) is 22.5 Å². The largest absolute Gasteiger partial charge is 0.469 e. The van der Waals surface area contributed by atoms with E-state index in [0.29, 0.717) is 32.5 Å². The van der Waals surface area contributed by atoms with Crippen LogP contribution in [-0.4, -0.2) is 61.6 Å². The van der Waals surface area contributed by atoms with E-state index >= 15 is 0 Å². The number of benzene rings is 1. The molecule has 1 N–H and O–H groups in total. The summed E-state index contributed by atoms with van der Waals surface area (Å²) >= 11 is 0. The summed E-state index contributed by atoms with van der Waals surface area (Å²) in [5, 5.41) is 3.01. The van der Waals surface area contributed by atoms with E-state index < -0.39 is 0 Å². The van der Waals surface area contributed by atoms with Crippen LogP contribution in [0.5, 0.6) is 0 Å². The summed E-state index contributed by atoms with van der Waals surface area (Å²) < 4.78 is 4.78. The lowest BCUT2D eigenvalue weighted by Gasteiger charge is -2.32. The Balaban J connectivity index is 1.37. The number of hydrogen-bond donors (Lipinski definition) is 1. The molecule has 0 atom stereocenters. The summed E-state index contributed by atoms with van der Waals surface area (Å²) in [6, 6.07) is 8.54. The molecule has 2 amide bonds. The average molecular weight is 345 g/mol. The molecule has 0 aromatic heterocycles. The Labute approximate surface area is 149 Å². The molecule has 136 valence electrons. The van der Waals surface area contributed by atoms with Crippen molar-refractivity contribution in [3.8, 4) is 0 Å². The molecule has 3 rings (SSSR count). The van der Waals surface area contributed by atoms with Crippen LogP contribution < -0.4 is 5.32 Å². The first-order valence-electron chi connectivity index (χ1n) is 9.07. The van der Waals surface area contributed by atoms with Gasteiger partial charge in [0.05, 0.1) is 13.0 Å². The predicted octanol–water partition coefficient (Wildman–Crippen LogP) is 1.64. The van der Waals surface area contributed by atoms with Crippen molar-refractivity contribution in [2.45, 2.75) is 25.8 Å². The van der Waals surface area contributed by atoms with E-state index in [1.54, 1.807) is 4.90 Å². The molecule has 0 radical (unpaired) electrons. The number of fused-ring (bicyclic) bond motifs is 1. The summed E-state index contributed by atoms with van der Waals surface area (Å²) in [6.07, 6.45) is 2.44. The van der Waals surface area contributed by atoms with Crippen molar-refractivity contribution in [1.29, 1.82) is 0 Å². The maximum absolute atomic E-state index is 12.3. The van der Waals surface area contributed by atoms with Gasteiger partial charge in [0.15, 0.2) is 0 Å². The molecule has 2 heterocycles. The molecule has 25 heavy (non-hydrogen) atoms. The molecule has 0 bridgehead atoms. The van der Waals surface area contributed by atoms with E-state index in [1.165, 1.54) is 18.2 Å². The van der Waals surface area contributed by atoms with Gasteiger partial charge in [0, 0.05) is 39.3 Å². The predicted molar refractivity (Wildman–Crippen MR) is 95.1 cm³/mol. The van der Waals surface area contributed by atoms with E-state index in [-0.39, 0.29) is 17.9 Å². The number of urea groups is 1. The molecule has 6 heteroatoms. The zero-order valence-corrected chi connectivity index (χ0v) is 14.9. The lowest BCUT2D eigenvalue weighted by atomic mass is 9.97. The number of amides is 2. The maximum Gasteiger partial charge on any atom is 0.317 e. The van der Waals surface area contributed by atoms with Gasteiger partial charge in [-0.05, 0) is 30.4 Å². The summed E-state index contributed by atoms with van der Waals surface area (Å²) in [5.74, 6) is -0.229. The molecule has 1 fully saturated rings. The topological polar surface area (TPSA) is 61.9 Å². The molecular weight excluding hydrogens is 318 g/mol. The Hall–Kier alpha value is -2.08. The molecule has 0 aliphatic carbocycles. The monoisotopic (exact) mass is 345 g/mol. The zero-order chi connectivity index (χ0) is 17.6. The average Bonchev–Trinajstić information content (AvgIpc) is 2.67. The van der Waals surface area contributed by atoms with Crippen LogP contribution in [0, 0.1) is 5.92 Å². The first kappa shape index (κ1) is 17.7. The molecule has 1 aromatic rings. The van der Waals surface area contributed by atoms with Gasteiger partial charge in [-0.2, -0.15) is 0 Å². The number of methoxy groups -OCH3 is 1. The molecular formula is C19H27N3O3. The third kappa shape index (κ3) is 4.51. The molecule has 0 unspecified atom stereocenters. The Morgan fingerprint density at radius 3 is 2.60 bits per heavy atom. The van der Waals surface area contributed by atoms with E-state index in [2.05, 4.69) is 34.5 Å². The van der Waals surface area contributed by atoms with E-state index in [0.717, 1.165) is 26.1 Å². The zero-order valence-electron chi connectivity index (χ0n) is 14.9. The standard InChI is InChI=1S/C19H27N3O3/c1-25-18(23)16-7-11-22(12-8-16)19(24)20-9-13-21-10-6-15-4-2-3-5-17(15)14-21/h2-5,16H,6-14H2,1H3,(H,20,24). The highest BCUT2D eigenvalue weighted by Crippen LogP contribution is 2.19. The van der Waals surface area contributed by atoms with Gasteiger partial charge in [-0.1, -0.05) is 24.3 Å². The Morgan fingerprint density at radius 2 is 1.88 bits per heavy atom.